The van der Waals surface area contributed by atoms with Gasteiger partial charge >= 0.3 is 0 Å². The van der Waals surface area contributed by atoms with Crippen molar-refractivity contribution in [2.45, 2.75) is 12.3 Å². The van der Waals surface area contributed by atoms with Gasteiger partial charge in [0.1, 0.15) is 0 Å². The number of aromatic nitrogens is 1. The second-order valence-corrected chi connectivity index (χ2v) is 5.77. The van der Waals surface area contributed by atoms with Crippen molar-refractivity contribution < 1.29 is 19.4 Å². The molecule has 0 radical (unpaired) electrons. The fourth-order valence-corrected chi connectivity index (χ4v) is 2.80. The average Bonchev–Trinajstić information content (AvgIpc) is 2.89. The van der Waals surface area contributed by atoms with E-state index in [-0.39, 0.29) is 15.9 Å². The highest BCUT2D eigenvalue weighted by atomic mass is 32.1. The molecular weight excluding hydrogens is 318 g/mol. The number of thiazole rings is 1. The van der Waals surface area contributed by atoms with Crippen LogP contribution in [0.15, 0.2) is 30.3 Å². The van der Waals surface area contributed by atoms with E-state index in [1.807, 2.05) is 30.3 Å². The molecule has 0 saturated heterocycles. The van der Waals surface area contributed by atoms with Gasteiger partial charge in [0, 0.05) is 13.7 Å². The molecule has 2 amide bonds. The number of nitrogens with zero attached hydrogens (tertiary/aromatic N) is 1. The van der Waals surface area contributed by atoms with Crippen LogP contribution >= 0.6 is 11.3 Å². The lowest BCUT2D eigenvalue weighted by Gasteiger charge is -2.15. The quantitative estimate of drug-likeness (QED) is 0.712. The number of benzene rings is 1. The van der Waals surface area contributed by atoms with Gasteiger partial charge in [-0.1, -0.05) is 41.7 Å². The van der Waals surface area contributed by atoms with Crippen LogP contribution in [-0.4, -0.2) is 35.6 Å². The smallest absolute Gasteiger partial charge is 0.264 e. The molecule has 1 unspecified atom stereocenters. The maximum atomic E-state index is 12.5. The van der Waals surface area contributed by atoms with Gasteiger partial charge in [-0.25, -0.2) is 0 Å². The maximum Gasteiger partial charge on any atom is 0.264 e. The Hall–Kier alpha value is -2.45. The first-order valence-electron chi connectivity index (χ1n) is 6.87. The summed E-state index contributed by atoms with van der Waals surface area (Å²) < 4.78 is 5.05. The third-order valence-corrected chi connectivity index (χ3v) is 4.17. The average molecular weight is 335 g/mol. The molecule has 122 valence electrons. The second kappa shape index (κ2) is 7.70. The van der Waals surface area contributed by atoms with Crippen molar-refractivity contribution in [3.8, 4) is 5.88 Å². The van der Waals surface area contributed by atoms with Crippen molar-refractivity contribution in [1.29, 1.82) is 0 Å². The van der Waals surface area contributed by atoms with Gasteiger partial charge in [0.05, 0.1) is 5.92 Å². The molecule has 0 saturated carbocycles. The molecule has 2 rings (SSSR count). The van der Waals surface area contributed by atoms with E-state index in [9.17, 15) is 14.7 Å². The van der Waals surface area contributed by atoms with E-state index < -0.39 is 17.7 Å². The van der Waals surface area contributed by atoms with Gasteiger partial charge < -0.3 is 20.9 Å². The SMILES string of the molecule is COCCC(C(=O)Nc1nc(O)c(C(N)=O)s1)c1ccccc1. The highest BCUT2D eigenvalue weighted by Gasteiger charge is 2.23. The van der Waals surface area contributed by atoms with E-state index in [4.69, 9.17) is 10.5 Å². The molecule has 1 aromatic carbocycles. The molecule has 1 atom stereocenters. The predicted molar refractivity (Wildman–Crippen MR) is 86.6 cm³/mol. The number of methoxy groups -OCH3 is 1. The zero-order chi connectivity index (χ0) is 16.8. The summed E-state index contributed by atoms with van der Waals surface area (Å²) in [4.78, 5) is 27.3. The van der Waals surface area contributed by atoms with Crippen LogP contribution < -0.4 is 11.1 Å². The van der Waals surface area contributed by atoms with Crippen LogP contribution in [0.25, 0.3) is 0 Å². The number of carbonyl (C=O) groups is 2. The minimum Gasteiger partial charge on any atom is -0.492 e. The van der Waals surface area contributed by atoms with Crippen LogP contribution in [0.4, 0.5) is 5.13 Å². The Bertz CT molecular complexity index is 687. The van der Waals surface area contributed by atoms with Gasteiger partial charge in [-0.3, -0.25) is 9.59 Å². The van der Waals surface area contributed by atoms with Crippen molar-refractivity contribution in [3.63, 3.8) is 0 Å². The molecule has 0 fully saturated rings. The van der Waals surface area contributed by atoms with Gasteiger partial charge in [0.2, 0.25) is 11.8 Å². The number of rotatable bonds is 7. The lowest BCUT2D eigenvalue weighted by atomic mass is 9.95. The molecule has 1 heterocycles. The summed E-state index contributed by atoms with van der Waals surface area (Å²) in [6.45, 7) is 0.419. The summed E-state index contributed by atoms with van der Waals surface area (Å²) in [5.41, 5.74) is 5.96. The first-order chi connectivity index (χ1) is 11.0. The van der Waals surface area contributed by atoms with Gasteiger partial charge in [-0.15, -0.1) is 0 Å². The van der Waals surface area contributed by atoms with E-state index in [1.165, 1.54) is 0 Å². The molecule has 0 aliphatic carbocycles. The van der Waals surface area contributed by atoms with Crippen molar-refractivity contribution >= 4 is 28.3 Å². The Morgan fingerprint density at radius 1 is 1.39 bits per heavy atom. The molecule has 0 aliphatic rings. The van der Waals surface area contributed by atoms with Crippen molar-refractivity contribution in [2.75, 3.05) is 19.0 Å². The molecule has 4 N–H and O–H groups in total. The van der Waals surface area contributed by atoms with Gasteiger partial charge in [0.25, 0.3) is 5.91 Å². The molecule has 0 bridgehead atoms. The van der Waals surface area contributed by atoms with Crippen molar-refractivity contribution in [1.82, 2.24) is 4.98 Å². The number of nitrogens with one attached hydrogen (secondary N) is 1. The zero-order valence-electron chi connectivity index (χ0n) is 12.5. The number of carbonyl (C=O) groups excluding carboxylic acids is 2. The number of nitrogens with two attached hydrogens (primary N) is 1. The maximum absolute atomic E-state index is 12.5. The fraction of sp³-hybridized carbons (Fsp3) is 0.267. The summed E-state index contributed by atoms with van der Waals surface area (Å²) in [5.74, 6) is -2.00. The molecular formula is C15H17N3O4S. The zero-order valence-corrected chi connectivity index (χ0v) is 13.3. The lowest BCUT2D eigenvalue weighted by Crippen LogP contribution is -2.22. The van der Waals surface area contributed by atoms with Crippen LogP contribution in [0.1, 0.15) is 27.6 Å². The van der Waals surface area contributed by atoms with Crippen LogP contribution in [0.2, 0.25) is 0 Å². The summed E-state index contributed by atoms with van der Waals surface area (Å²) in [5, 5.41) is 12.3. The number of hydrogen-bond donors (Lipinski definition) is 3. The monoisotopic (exact) mass is 335 g/mol. The Morgan fingerprint density at radius 2 is 2.09 bits per heavy atom. The summed E-state index contributed by atoms with van der Waals surface area (Å²) >= 11 is 0.834. The van der Waals surface area contributed by atoms with Crippen LogP contribution in [0.5, 0.6) is 5.88 Å². The third kappa shape index (κ3) is 4.27. The molecule has 1 aromatic heterocycles. The molecule has 7 nitrogen and oxygen atoms in total. The third-order valence-electron chi connectivity index (χ3n) is 3.19. The molecule has 0 aliphatic heterocycles. The van der Waals surface area contributed by atoms with Crippen LogP contribution in [-0.2, 0) is 9.53 Å². The highest BCUT2D eigenvalue weighted by Crippen LogP contribution is 2.29. The number of anilines is 1. The number of hydrogen-bond acceptors (Lipinski definition) is 6. The van der Waals surface area contributed by atoms with Gasteiger partial charge in [0.15, 0.2) is 10.0 Å². The van der Waals surface area contributed by atoms with Gasteiger partial charge in [-0.05, 0) is 12.0 Å². The summed E-state index contributed by atoms with van der Waals surface area (Å²) in [7, 11) is 1.57. The van der Waals surface area contributed by atoms with Gasteiger partial charge in [-0.2, -0.15) is 4.98 Å². The Kier molecular flexibility index (Phi) is 5.67. The van der Waals surface area contributed by atoms with E-state index in [1.54, 1.807) is 7.11 Å². The first kappa shape index (κ1) is 16.9. The number of ether oxygens (including phenoxy) is 1. The number of amides is 2. The minimum atomic E-state index is -0.792. The first-order valence-corrected chi connectivity index (χ1v) is 7.69. The Balaban J connectivity index is 2.17. The fourth-order valence-electron chi connectivity index (χ4n) is 2.09. The van der Waals surface area contributed by atoms with Crippen molar-refractivity contribution in [3.05, 3.63) is 40.8 Å². The number of primary amides is 1. The van der Waals surface area contributed by atoms with E-state index >= 15 is 0 Å². The Morgan fingerprint density at radius 3 is 2.65 bits per heavy atom. The standard InChI is InChI=1S/C15H17N3O4S/c1-22-8-7-10(9-5-3-2-4-6-9)13(20)17-15-18-14(21)11(23-15)12(16)19/h2-6,10,21H,7-8H2,1H3,(H2,16,19)(H,17,18,20). The minimum absolute atomic E-state index is 0.0894. The molecule has 0 spiro atoms. The van der Waals surface area contributed by atoms with E-state index in [0.29, 0.717) is 13.0 Å². The highest BCUT2D eigenvalue weighted by molar-refractivity contribution is 7.18. The summed E-state index contributed by atoms with van der Waals surface area (Å²) in [6.07, 6.45) is 0.492. The molecule has 2 aromatic rings. The topological polar surface area (TPSA) is 115 Å². The normalized spacial score (nSPS) is 11.9. The van der Waals surface area contributed by atoms with E-state index in [2.05, 4.69) is 10.3 Å². The molecule has 8 heteroatoms. The van der Waals surface area contributed by atoms with Crippen LogP contribution in [0.3, 0.4) is 0 Å². The van der Waals surface area contributed by atoms with E-state index in [0.717, 1.165) is 16.9 Å². The lowest BCUT2D eigenvalue weighted by molar-refractivity contribution is -0.118. The summed E-state index contributed by atoms with van der Waals surface area (Å²) in [6, 6.07) is 9.28. The predicted octanol–water partition coefficient (Wildman–Crippen LogP) is 1.71. The molecule has 23 heavy (non-hydrogen) atoms. The second-order valence-electron chi connectivity index (χ2n) is 4.77. The Labute approximate surface area is 137 Å². The number of aromatic hydroxyl groups is 1. The van der Waals surface area contributed by atoms with Crippen LogP contribution in [0, 0.1) is 0 Å². The largest absolute Gasteiger partial charge is 0.492 e. The van der Waals surface area contributed by atoms with Crippen molar-refractivity contribution in [2.24, 2.45) is 5.73 Å².